The Morgan fingerprint density at radius 3 is 2.62 bits per heavy atom. The Kier molecular flexibility index (Phi) is 7.50. The predicted molar refractivity (Wildman–Crippen MR) is 135 cm³/mol. The van der Waals surface area contributed by atoms with E-state index < -0.39 is 22.6 Å². The minimum Gasteiger partial charge on any atom is -0.494 e. The maximum absolute atomic E-state index is 13.7. The Bertz CT molecular complexity index is 945. The normalized spacial score (nSPS) is 31.6. The molecule has 0 saturated carbocycles. The predicted octanol–water partition coefficient (Wildman–Crippen LogP) is 2.40. The largest absolute Gasteiger partial charge is 0.494 e. The second-order valence-electron chi connectivity index (χ2n) is 9.38. The molecule has 3 N–H and O–H groups in total. The van der Waals surface area contributed by atoms with Crippen molar-refractivity contribution in [3.63, 3.8) is 0 Å². The van der Waals surface area contributed by atoms with Crippen molar-refractivity contribution in [1.82, 2.24) is 10.2 Å². The van der Waals surface area contributed by atoms with Crippen LogP contribution < -0.4 is 15.4 Å². The van der Waals surface area contributed by atoms with E-state index in [1.807, 2.05) is 20.8 Å². The van der Waals surface area contributed by atoms with Gasteiger partial charge in [0.25, 0.3) is 0 Å². The number of amides is 3. The number of halogens is 1. The highest BCUT2D eigenvalue weighted by molar-refractivity contribution is 9.09. The molecule has 3 aliphatic heterocycles. The van der Waals surface area contributed by atoms with Crippen LogP contribution in [0.5, 0.6) is 5.75 Å². The number of nitrogens with zero attached hydrogens (tertiary/aromatic N) is 1. The number of fused-ring (bicyclic) bond motifs is 1. The van der Waals surface area contributed by atoms with Crippen LogP contribution in [0.15, 0.2) is 24.3 Å². The summed E-state index contributed by atoms with van der Waals surface area (Å²) >= 11 is 5.35. The number of aliphatic hydroxyl groups is 1. The average molecular weight is 555 g/mol. The van der Waals surface area contributed by atoms with Gasteiger partial charge in [-0.15, -0.1) is 11.8 Å². The summed E-state index contributed by atoms with van der Waals surface area (Å²) in [5, 5.41) is 15.2. The summed E-state index contributed by atoms with van der Waals surface area (Å²) in [6.45, 7) is 6.46. The fourth-order valence-electron chi connectivity index (χ4n) is 5.60. The topological polar surface area (TPSA) is 108 Å². The lowest BCUT2D eigenvalue weighted by Gasteiger charge is -2.35. The van der Waals surface area contributed by atoms with E-state index in [0.29, 0.717) is 25.1 Å². The van der Waals surface area contributed by atoms with Crippen LogP contribution >= 0.6 is 27.7 Å². The number of carbonyl (C=O) groups excluding carboxylic acids is 3. The van der Waals surface area contributed by atoms with Crippen LogP contribution in [0, 0.1) is 11.8 Å². The van der Waals surface area contributed by atoms with Gasteiger partial charge >= 0.3 is 0 Å². The van der Waals surface area contributed by atoms with Crippen molar-refractivity contribution in [2.45, 2.75) is 60.5 Å². The smallest absolute Gasteiger partial charge is 0.244 e. The molecule has 10 heteroatoms. The van der Waals surface area contributed by atoms with E-state index in [0.717, 1.165) is 5.75 Å². The van der Waals surface area contributed by atoms with Crippen molar-refractivity contribution in [3.05, 3.63) is 24.3 Å². The number of anilines is 1. The Morgan fingerprint density at radius 2 is 2.00 bits per heavy atom. The zero-order chi connectivity index (χ0) is 24.6. The molecule has 1 aromatic rings. The number of nitrogens with one attached hydrogen (secondary N) is 2. The van der Waals surface area contributed by atoms with Gasteiger partial charge < -0.3 is 25.4 Å². The molecule has 4 rings (SSSR count). The number of rotatable bonds is 9. The molecule has 3 aliphatic rings. The fourth-order valence-corrected chi connectivity index (χ4v) is 9.21. The molecule has 0 aliphatic carbocycles. The number of thioether (sulfide) groups is 1. The van der Waals surface area contributed by atoms with Gasteiger partial charge in [0.2, 0.25) is 17.7 Å². The quantitative estimate of drug-likeness (QED) is 0.405. The van der Waals surface area contributed by atoms with Gasteiger partial charge in [-0.1, -0.05) is 15.9 Å². The Hall–Kier alpha value is -1.78. The number of aliphatic hydroxyl groups excluding tert-OH is 1. The van der Waals surface area contributed by atoms with Gasteiger partial charge in [0.1, 0.15) is 11.8 Å². The summed E-state index contributed by atoms with van der Waals surface area (Å²) in [4.78, 5) is 42.2. The lowest BCUT2D eigenvalue weighted by molar-refractivity contribution is -0.139. The molecule has 34 heavy (non-hydrogen) atoms. The Labute approximate surface area is 212 Å². The third kappa shape index (κ3) is 4.33. The van der Waals surface area contributed by atoms with Crippen molar-refractivity contribution in [3.8, 4) is 5.75 Å². The molecule has 1 spiro atoms. The first-order valence-electron chi connectivity index (χ1n) is 11.8. The third-order valence-electron chi connectivity index (χ3n) is 6.76. The number of hydrogen-bond acceptors (Lipinski definition) is 6. The molecule has 1 aromatic carbocycles. The van der Waals surface area contributed by atoms with Gasteiger partial charge in [-0.05, 0) is 57.9 Å². The molecule has 186 valence electrons. The SMILES string of the molecule is CCOc1ccc(NC(=O)[C@H]2[C@@H]3SC4(CC3Br)C(C(=O)NC(C)C)N(CCCO)C(=O)[C@H]24)cc1. The Balaban J connectivity index is 1.63. The van der Waals surface area contributed by atoms with Crippen LogP contribution in [-0.4, -0.2) is 74.4 Å². The maximum atomic E-state index is 13.7. The molecule has 0 aromatic heterocycles. The van der Waals surface area contributed by atoms with Crippen molar-refractivity contribution < 1.29 is 24.2 Å². The van der Waals surface area contributed by atoms with E-state index in [1.54, 1.807) is 40.9 Å². The number of hydrogen-bond donors (Lipinski definition) is 3. The van der Waals surface area contributed by atoms with Crippen LogP contribution in [0.25, 0.3) is 0 Å². The molecule has 3 fully saturated rings. The third-order valence-corrected chi connectivity index (χ3v) is 9.98. The molecule has 3 saturated heterocycles. The molecule has 0 radical (unpaired) electrons. The average Bonchev–Trinajstić information content (AvgIpc) is 3.36. The lowest BCUT2D eigenvalue weighted by atomic mass is 9.70. The second kappa shape index (κ2) is 10.1. The summed E-state index contributed by atoms with van der Waals surface area (Å²) in [5.74, 6) is -0.989. The van der Waals surface area contributed by atoms with Crippen LogP contribution in [0.3, 0.4) is 0 Å². The van der Waals surface area contributed by atoms with Crippen LogP contribution in [0.2, 0.25) is 0 Å². The molecule has 3 unspecified atom stereocenters. The highest BCUT2D eigenvalue weighted by atomic mass is 79.9. The van der Waals surface area contributed by atoms with E-state index in [4.69, 9.17) is 4.74 Å². The van der Waals surface area contributed by atoms with E-state index in [1.165, 1.54) is 0 Å². The number of benzene rings is 1. The van der Waals surface area contributed by atoms with Gasteiger partial charge in [0.15, 0.2) is 0 Å². The first-order valence-corrected chi connectivity index (χ1v) is 13.6. The van der Waals surface area contributed by atoms with E-state index >= 15 is 0 Å². The number of ether oxygens (including phenoxy) is 1. The first kappa shape index (κ1) is 25.3. The van der Waals surface area contributed by atoms with Gasteiger partial charge in [-0.25, -0.2) is 0 Å². The summed E-state index contributed by atoms with van der Waals surface area (Å²) in [6.07, 6.45) is 1.02. The molecule has 3 heterocycles. The van der Waals surface area contributed by atoms with Gasteiger partial charge in [0.05, 0.1) is 23.2 Å². The van der Waals surface area contributed by atoms with Crippen molar-refractivity contribution in [2.24, 2.45) is 11.8 Å². The van der Waals surface area contributed by atoms with Gasteiger partial charge in [0, 0.05) is 35.0 Å². The fraction of sp³-hybridized carbons (Fsp3) is 0.625. The second-order valence-corrected chi connectivity index (χ2v) is 12.1. The minimum atomic E-state index is -0.675. The molecule has 8 nitrogen and oxygen atoms in total. The number of alkyl halides is 1. The number of likely N-dealkylation sites (tertiary alicyclic amines) is 1. The minimum absolute atomic E-state index is 0.0183. The molecule has 6 atom stereocenters. The monoisotopic (exact) mass is 553 g/mol. The highest BCUT2D eigenvalue weighted by Gasteiger charge is 2.75. The highest BCUT2D eigenvalue weighted by Crippen LogP contribution is 2.67. The van der Waals surface area contributed by atoms with Gasteiger partial charge in [-0.2, -0.15) is 0 Å². The molecular weight excluding hydrogens is 522 g/mol. The molecular formula is C24H32BrN3O5S. The summed E-state index contributed by atoms with van der Waals surface area (Å²) in [5.41, 5.74) is 0.637. The molecule has 2 bridgehead atoms. The molecule has 3 amide bonds. The van der Waals surface area contributed by atoms with Crippen LogP contribution in [0.1, 0.15) is 33.6 Å². The number of carbonyl (C=O) groups is 3. The lowest BCUT2D eigenvalue weighted by Crippen LogP contribution is -2.55. The Morgan fingerprint density at radius 1 is 1.29 bits per heavy atom. The summed E-state index contributed by atoms with van der Waals surface area (Å²) in [6, 6.07) is 6.43. The van der Waals surface area contributed by atoms with E-state index in [9.17, 15) is 19.5 Å². The maximum Gasteiger partial charge on any atom is 0.244 e. The van der Waals surface area contributed by atoms with Crippen LogP contribution in [-0.2, 0) is 14.4 Å². The van der Waals surface area contributed by atoms with Crippen molar-refractivity contribution >= 4 is 51.1 Å². The summed E-state index contributed by atoms with van der Waals surface area (Å²) in [7, 11) is 0. The zero-order valence-electron chi connectivity index (χ0n) is 19.6. The van der Waals surface area contributed by atoms with Crippen molar-refractivity contribution in [1.29, 1.82) is 0 Å². The van der Waals surface area contributed by atoms with Crippen LogP contribution in [0.4, 0.5) is 5.69 Å². The van der Waals surface area contributed by atoms with E-state index in [-0.39, 0.29) is 47.0 Å². The van der Waals surface area contributed by atoms with Crippen molar-refractivity contribution in [2.75, 3.05) is 25.1 Å². The standard InChI is InChI=1S/C24H32BrN3O5S/c1-4-33-15-8-6-14(7-9-15)27-21(30)17-18-23(32)28(10-5-11-29)20(22(31)26-13(2)3)24(18)12-16(25)19(17)34-24/h6-9,13,16-20,29H,4-5,10-12H2,1-3H3,(H,26,31)(H,27,30)/t16?,17-,18+,19-,20?,24?/m1/s1. The van der Waals surface area contributed by atoms with E-state index in [2.05, 4.69) is 26.6 Å². The summed E-state index contributed by atoms with van der Waals surface area (Å²) < 4.78 is 4.79. The first-order chi connectivity index (χ1) is 16.2. The zero-order valence-corrected chi connectivity index (χ0v) is 22.0. The van der Waals surface area contributed by atoms with Gasteiger partial charge in [-0.3, -0.25) is 14.4 Å².